The highest BCUT2D eigenvalue weighted by Crippen LogP contribution is 2.50. The first kappa shape index (κ1) is 14.1. The van der Waals surface area contributed by atoms with E-state index in [0.717, 1.165) is 4.48 Å². The first-order chi connectivity index (χ1) is 9.18. The number of hydrogen-bond acceptors (Lipinski definition) is 0. The number of hydrogen-bond donors (Lipinski definition) is 0. The van der Waals surface area contributed by atoms with Gasteiger partial charge in [0.15, 0.2) is 0 Å². The molecule has 0 amide bonds. The molecule has 2 aliphatic heterocycles. The summed E-state index contributed by atoms with van der Waals surface area (Å²) in [5.74, 6) is 0. The van der Waals surface area contributed by atoms with Crippen LogP contribution in [0.5, 0.6) is 0 Å². The summed E-state index contributed by atoms with van der Waals surface area (Å²) in [5.41, 5.74) is 6.26. The fraction of sp³-hybridized carbons (Fsp3) is 0.333. The maximum atomic E-state index is 2.40. The normalized spacial score (nSPS) is 25.1. The predicted molar refractivity (Wildman–Crippen MR) is 77.9 cm³/mol. The average Bonchev–Trinajstić information content (AvgIpc) is 2.40. The summed E-state index contributed by atoms with van der Waals surface area (Å²) in [5, 5.41) is 0. The van der Waals surface area contributed by atoms with Gasteiger partial charge in [0.05, 0.1) is 14.1 Å². The molecule has 2 aromatic rings. The number of fused-ring (bicyclic) bond motifs is 6. The van der Waals surface area contributed by atoms with Gasteiger partial charge in [0.2, 0.25) is 0 Å². The Hall–Kier alpha value is -0.870. The van der Waals surface area contributed by atoms with E-state index in [1.165, 1.54) is 12.8 Å². The molecule has 0 radical (unpaired) electrons. The van der Waals surface area contributed by atoms with Gasteiger partial charge in [0.25, 0.3) is 0 Å². The molecule has 4 rings (SSSR count). The molecule has 2 unspecified atom stereocenters. The van der Waals surface area contributed by atoms with Crippen LogP contribution in [0.3, 0.4) is 0 Å². The van der Waals surface area contributed by atoms with E-state index < -0.39 is 0 Å². The number of halogens is 1. The van der Waals surface area contributed by atoms with E-state index in [4.69, 9.17) is 0 Å². The zero-order valence-electron chi connectivity index (χ0n) is 12.0. The molecule has 2 heteroatoms. The Kier molecular flexibility index (Phi) is 3.41. The lowest BCUT2D eigenvalue weighted by atomic mass is 9.75. The number of rotatable bonds is 0. The maximum Gasteiger partial charge on any atom is 0.119 e. The Balaban J connectivity index is 0.00000121. The first-order valence-corrected chi connectivity index (χ1v) is 7.17. The minimum absolute atomic E-state index is 0. The lowest BCUT2D eigenvalue weighted by Crippen LogP contribution is -3.00. The van der Waals surface area contributed by atoms with Crippen LogP contribution < -0.4 is 24.0 Å². The Morgan fingerprint density at radius 2 is 1.15 bits per heavy atom. The molecule has 0 aliphatic carbocycles. The molecule has 104 valence electrons. The van der Waals surface area contributed by atoms with Gasteiger partial charge in [-0.15, -0.1) is 0 Å². The Bertz CT molecular complexity index is 592. The van der Waals surface area contributed by atoms with Gasteiger partial charge in [-0.3, -0.25) is 0 Å². The highest BCUT2D eigenvalue weighted by atomic mass is 127. The highest BCUT2D eigenvalue weighted by Gasteiger charge is 2.47. The van der Waals surface area contributed by atoms with E-state index in [-0.39, 0.29) is 24.0 Å². The summed E-state index contributed by atoms with van der Waals surface area (Å²) >= 11 is 0. The SMILES string of the molecule is C[N+]1(C)C2Cc3ccccc3C1Cc1ccccc12.[I-]. The topological polar surface area (TPSA) is 0 Å². The minimum atomic E-state index is 0. The Morgan fingerprint density at radius 3 is 1.60 bits per heavy atom. The van der Waals surface area contributed by atoms with Crippen LogP contribution in [0.15, 0.2) is 48.5 Å². The second kappa shape index (κ2) is 4.85. The second-order valence-electron chi connectivity index (χ2n) is 6.47. The molecule has 2 aromatic carbocycles. The zero-order chi connectivity index (χ0) is 13.0. The van der Waals surface area contributed by atoms with Gasteiger partial charge >= 0.3 is 0 Å². The third-order valence-corrected chi connectivity index (χ3v) is 5.26. The molecule has 2 heterocycles. The summed E-state index contributed by atoms with van der Waals surface area (Å²) < 4.78 is 1.11. The van der Waals surface area contributed by atoms with Crippen LogP contribution in [0.4, 0.5) is 0 Å². The van der Waals surface area contributed by atoms with Crippen molar-refractivity contribution in [3.05, 3.63) is 70.8 Å². The zero-order valence-corrected chi connectivity index (χ0v) is 14.2. The third kappa shape index (κ3) is 1.85. The molecular formula is C18H20IN. The van der Waals surface area contributed by atoms with Crippen molar-refractivity contribution in [2.24, 2.45) is 0 Å². The van der Waals surface area contributed by atoms with E-state index in [1.807, 2.05) is 0 Å². The van der Waals surface area contributed by atoms with E-state index in [2.05, 4.69) is 62.6 Å². The van der Waals surface area contributed by atoms with Crippen molar-refractivity contribution in [3.63, 3.8) is 0 Å². The van der Waals surface area contributed by atoms with E-state index >= 15 is 0 Å². The maximum absolute atomic E-state index is 2.40. The molecule has 20 heavy (non-hydrogen) atoms. The highest BCUT2D eigenvalue weighted by molar-refractivity contribution is 5.40. The standard InChI is InChI=1S/C18H20N.HI/c1-19(2)17-11-13-7-3-5-9-15(13)18(19)12-14-8-4-6-10-16(14)17;/h3-10,17-18H,11-12H2,1-2H3;1H/q+1;/p-1. The molecular weight excluding hydrogens is 357 g/mol. The van der Waals surface area contributed by atoms with Crippen molar-refractivity contribution in [1.82, 2.24) is 0 Å². The fourth-order valence-electron chi connectivity index (χ4n) is 4.13. The lowest BCUT2D eigenvalue weighted by molar-refractivity contribution is -0.955. The minimum Gasteiger partial charge on any atom is -1.00 e. The van der Waals surface area contributed by atoms with Gasteiger partial charge in [-0.1, -0.05) is 48.5 Å². The summed E-state index contributed by atoms with van der Waals surface area (Å²) in [6, 6.07) is 19.3. The number of likely N-dealkylation sites (N-methyl/N-ethyl adjacent to an activating group) is 1. The Morgan fingerprint density at radius 1 is 0.750 bits per heavy atom. The lowest BCUT2D eigenvalue weighted by Gasteiger charge is -2.52. The van der Waals surface area contributed by atoms with Gasteiger partial charge in [-0.25, -0.2) is 0 Å². The van der Waals surface area contributed by atoms with Crippen molar-refractivity contribution < 1.29 is 28.5 Å². The Labute approximate surface area is 138 Å². The molecule has 0 saturated carbocycles. The van der Waals surface area contributed by atoms with Gasteiger partial charge in [0, 0.05) is 24.0 Å². The number of nitrogens with zero attached hydrogens (tertiary/aromatic N) is 1. The summed E-state index contributed by atoms with van der Waals surface area (Å²) in [4.78, 5) is 0. The molecule has 0 N–H and O–H groups in total. The smallest absolute Gasteiger partial charge is 0.119 e. The second-order valence-corrected chi connectivity index (χ2v) is 6.47. The van der Waals surface area contributed by atoms with Crippen LogP contribution in [0.25, 0.3) is 0 Å². The van der Waals surface area contributed by atoms with Crippen molar-refractivity contribution in [3.8, 4) is 0 Å². The van der Waals surface area contributed by atoms with E-state index in [1.54, 1.807) is 22.3 Å². The van der Waals surface area contributed by atoms with Crippen molar-refractivity contribution in [2.75, 3.05) is 14.1 Å². The largest absolute Gasteiger partial charge is 1.00 e. The average molecular weight is 377 g/mol. The molecule has 2 bridgehead atoms. The van der Waals surface area contributed by atoms with E-state index in [0.29, 0.717) is 12.1 Å². The molecule has 2 aliphatic rings. The molecule has 0 fully saturated rings. The van der Waals surface area contributed by atoms with Gasteiger partial charge in [-0.05, 0) is 11.1 Å². The van der Waals surface area contributed by atoms with Crippen LogP contribution >= 0.6 is 0 Å². The molecule has 1 nitrogen and oxygen atoms in total. The fourth-order valence-corrected chi connectivity index (χ4v) is 4.13. The van der Waals surface area contributed by atoms with Crippen LogP contribution in [-0.4, -0.2) is 18.6 Å². The van der Waals surface area contributed by atoms with Crippen LogP contribution in [0.2, 0.25) is 0 Å². The first-order valence-electron chi connectivity index (χ1n) is 7.17. The molecule has 0 saturated heterocycles. The van der Waals surface area contributed by atoms with Crippen molar-refractivity contribution in [1.29, 1.82) is 0 Å². The van der Waals surface area contributed by atoms with Crippen molar-refractivity contribution >= 4 is 0 Å². The summed E-state index contributed by atoms with van der Waals surface area (Å²) in [7, 11) is 4.81. The third-order valence-electron chi connectivity index (χ3n) is 5.26. The van der Waals surface area contributed by atoms with Crippen LogP contribution in [-0.2, 0) is 12.8 Å². The molecule has 2 atom stereocenters. The predicted octanol–water partition coefficient (Wildman–Crippen LogP) is 0.662. The molecule has 0 aromatic heterocycles. The van der Waals surface area contributed by atoms with Crippen LogP contribution in [0.1, 0.15) is 34.3 Å². The van der Waals surface area contributed by atoms with Crippen molar-refractivity contribution in [2.45, 2.75) is 24.9 Å². The monoisotopic (exact) mass is 377 g/mol. The number of quaternary nitrogens is 1. The summed E-state index contributed by atoms with van der Waals surface area (Å²) in [6.07, 6.45) is 2.35. The summed E-state index contributed by atoms with van der Waals surface area (Å²) in [6.45, 7) is 0. The van der Waals surface area contributed by atoms with Gasteiger partial charge < -0.3 is 28.5 Å². The van der Waals surface area contributed by atoms with Crippen LogP contribution in [0, 0.1) is 0 Å². The quantitative estimate of drug-likeness (QED) is 0.468. The number of benzene rings is 2. The van der Waals surface area contributed by atoms with Gasteiger partial charge in [-0.2, -0.15) is 0 Å². The molecule has 0 spiro atoms. The van der Waals surface area contributed by atoms with Gasteiger partial charge in [0.1, 0.15) is 12.1 Å². The van der Waals surface area contributed by atoms with E-state index in [9.17, 15) is 0 Å².